The summed E-state index contributed by atoms with van der Waals surface area (Å²) in [5.41, 5.74) is 0.684. The highest BCUT2D eigenvalue weighted by Crippen LogP contribution is 2.25. The summed E-state index contributed by atoms with van der Waals surface area (Å²) in [5.74, 6) is -1.65. The van der Waals surface area contributed by atoms with Crippen molar-refractivity contribution in [3.63, 3.8) is 0 Å². The molecule has 0 fully saturated rings. The van der Waals surface area contributed by atoms with E-state index in [1.165, 1.54) is 154 Å². The van der Waals surface area contributed by atoms with Gasteiger partial charge in [0, 0.05) is 5.56 Å². The van der Waals surface area contributed by atoms with Crippen molar-refractivity contribution in [2.45, 2.75) is 200 Å². The highest BCUT2D eigenvalue weighted by Gasteiger charge is 2.31. The van der Waals surface area contributed by atoms with E-state index in [0.29, 0.717) is 18.8 Å². The third-order valence-electron chi connectivity index (χ3n) is 9.05. The number of hydrogen-bond donors (Lipinski definition) is 1. The van der Waals surface area contributed by atoms with Gasteiger partial charge in [-0.3, -0.25) is 0 Å². The van der Waals surface area contributed by atoms with Crippen LogP contribution >= 0.6 is 0 Å². The Morgan fingerprint density at radius 1 is 0.435 bits per heavy atom. The lowest BCUT2D eigenvalue weighted by Gasteiger charge is -2.28. The number of allylic oxidation sites excluding steroid dienone is 4. The molecule has 0 heterocycles. The van der Waals surface area contributed by atoms with Crippen LogP contribution < -0.4 is 0 Å². The molecule has 1 aromatic carbocycles. The van der Waals surface area contributed by atoms with Gasteiger partial charge in [0.2, 0.25) is 0 Å². The minimum absolute atomic E-state index is 0.514. The third-order valence-corrected chi connectivity index (χ3v) is 9.05. The fourth-order valence-electron chi connectivity index (χ4n) is 5.98. The lowest BCUT2D eigenvalue weighted by atomic mass is 10.1. The van der Waals surface area contributed by atoms with E-state index in [2.05, 4.69) is 38.2 Å². The van der Waals surface area contributed by atoms with E-state index in [1.54, 1.807) is 0 Å². The molecule has 0 aromatic heterocycles. The molecule has 0 aliphatic rings. The molecular formula is C43H76O3. The molecule has 1 rings (SSSR count). The molecule has 0 aliphatic heterocycles. The average molecular weight is 641 g/mol. The maximum absolute atomic E-state index is 11.3. The van der Waals surface area contributed by atoms with E-state index in [-0.39, 0.29) is 0 Å². The van der Waals surface area contributed by atoms with Crippen LogP contribution in [0, 0.1) is 0 Å². The second kappa shape index (κ2) is 33.5. The predicted octanol–water partition coefficient (Wildman–Crippen LogP) is 13.9. The molecule has 1 aromatic rings. The summed E-state index contributed by atoms with van der Waals surface area (Å²) >= 11 is 0. The van der Waals surface area contributed by atoms with Crippen LogP contribution in [0.4, 0.5) is 0 Å². The molecule has 0 saturated carbocycles. The first-order valence-electron chi connectivity index (χ1n) is 20.1. The molecule has 0 bridgehead atoms. The smallest absolute Gasteiger partial charge is 0.309 e. The van der Waals surface area contributed by atoms with Crippen LogP contribution in [0.15, 0.2) is 54.6 Å². The van der Waals surface area contributed by atoms with Crippen molar-refractivity contribution in [3.8, 4) is 0 Å². The van der Waals surface area contributed by atoms with Crippen LogP contribution in [0.2, 0.25) is 0 Å². The van der Waals surface area contributed by atoms with Gasteiger partial charge in [-0.1, -0.05) is 184 Å². The van der Waals surface area contributed by atoms with Crippen LogP contribution in [0.25, 0.3) is 0 Å². The van der Waals surface area contributed by atoms with Crippen molar-refractivity contribution < 1.29 is 14.6 Å². The van der Waals surface area contributed by atoms with Gasteiger partial charge in [0.15, 0.2) is 0 Å². The van der Waals surface area contributed by atoms with Gasteiger partial charge in [0.05, 0.1) is 13.2 Å². The van der Waals surface area contributed by atoms with Crippen LogP contribution in [-0.4, -0.2) is 18.3 Å². The minimum Gasteiger partial charge on any atom is -0.339 e. The van der Waals surface area contributed by atoms with Crippen molar-refractivity contribution in [1.82, 2.24) is 0 Å². The van der Waals surface area contributed by atoms with Crippen LogP contribution in [0.3, 0.4) is 0 Å². The predicted molar refractivity (Wildman–Crippen MR) is 201 cm³/mol. The maximum atomic E-state index is 11.3. The second-order valence-corrected chi connectivity index (χ2v) is 13.5. The van der Waals surface area contributed by atoms with E-state index in [0.717, 1.165) is 25.7 Å². The van der Waals surface area contributed by atoms with Crippen LogP contribution in [0.1, 0.15) is 199 Å². The van der Waals surface area contributed by atoms with Crippen molar-refractivity contribution in [1.29, 1.82) is 0 Å². The fraction of sp³-hybridized carbons (Fsp3) is 0.767. The zero-order chi connectivity index (χ0) is 33.1. The Balaban J connectivity index is 2.06. The molecule has 46 heavy (non-hydrogen) atoms. The van der Waals surface area contributed by atoms with Crippen molar-refractivity contribution in [2.24, 2.45) is 0 Å². The fourth-order valence-corrected chi connectivity index (χ4v) is 5.98. The minimum atomic E-state index is -1.65. The topological polar surface area (TPSA) is 38.7 Å². The normalized spacial score (nSPS) is 12.2. The summed E-state index contributed by atoms with van der Waals surface area (Å²) in [4.78, 5) is 0. The summed E-state index contributed by atoms with van der Waals surface area (Å²) in [6.45, 7) is 5.59. The molecule has 1 N–H and O–H groups in total. The first-order valence-corrected chi connectivity index (χ1v) is 20.1. The Morgan fingerprint density at radius 2 is 0.739 bits per heavy atom. The number of unbranched alkanes of at least 4 members (excludes halogenated alkanes) is 24. The SMILES string of the molecule is CCCCCCCC/C=C\CCCCCCCCOC(O)(OCCCCCCCC/C=C\CCCCCCCC)c1ccccc1. The molecule has 0 unspecified atom stereocenters. The Kier molecular flexibility index (Phi) is 31.0. The van der Waals surface area contributed by atoms with Crippen molar-refractivity contribution in [3.05, 3.63) is 60.2 Å². The summed E-state index contributed by atoms with van der Waals surface area (Å²) in [7, 11) is 0. The van der Waals surface area contributed by atoms with Gasteiger partial charge in [0.25, 0.3) is 0 Å². The number of rotatable bonds is 35. The molecule has 0 radical (unpaired) electrons. The molecule has 0 amide bonds. The quantitative estimate of drug-likeness (QED) is 0.0456. The van der Waals surface area contributed by atoms with E-state index < -0.39 is 5.97 Å². The lowest BCUT2D eigenvalue weighted by molar-refractivity contribution is -0.373. The van der Waals surface area contributed by atoms with Gasteiger partial charge in [0.1, 0.15) is 0 Å². The number of ether oxygens (including phenoxy) is 2. The maximum Gasteiger partial charge on any atom is 0.309 e. The molecule has 266 valence electrons. The molecular weight excluding hydrogens is 564 g/mol. The first-order chi connectivity index (χ1) is 22.7. The molecule has 0 aliphatic carbocycles. The Bertz CT molecular complexity index is 742. The summed E-state index contributed by atoms with van der Waals surface area (Å²) in [5, 5.41) is 11.3. The summed E-state index contributed by atoms with van der Waals surface area (Å²) in [6.07, 6.45) is 45.4. The van der Waals surface area contributed by atoms with E-state index in [1.807, 2.05) is 30.3 Å². The molecule has 0 atom stereocenters. The highest BCUT2D eigenvalue weighted by molar-refractivity contribution is 5.18. The summed E-state index contributed by atoms with van der Waals surface area (Å²) in [6, 6.07) is 9.61. The Hall–Kier alpha value is -1.42. The van der Waals surface area contributed by atoms with Gasteiger partial charge in [-0.2, -0.15) is 0 Å². The van der Waals surface area contributed by atoms with Gasteiger partial charge in [-0.15, -0.1) is 0 Å². The lowest BCUT2D eigenvalue weighted by Crippen LogP contribution is -2.33. The van der Waals surface area contributed by atoms with E-state index >= 15 is 0 Å². The zero-order valence-electron chi connectivity index (χ0n) is 30.7. The zero-order valence-corrected chi connectivity index (χ0v) is 30.7. The van der Waals surface area contributed by atoms with E-state index in [9.17, 15) is 5.11 Å². The molecule has 0 saturated heterocycles. The first kappa shape index (κ1) is 42.6. The van der Waals surface area contributed by atoms with Crippen LogP contribution in [0.5, 0.6) is 0 Å². The second-order valence-electron chi connectivity index (χ2n) is 13.5. The number of benzene rings is 1. The Labute approximate surface area is 287 Å². The third kappa shape index (κ3) is 26.6. The monoisotopic (exact) mass is 641 g/mol. The van der Waals surface area contributed by atoms with Crippen molar-refractivity contribution >= 4 is 0 Å². The molecule has 3 heteroatoms. The van der Waals surface area contributed by atoms with Gasteiger partial charge >= 0.3 is 5.97 Å². The van der Waals surface area contributed by atoms with Crippen molar-refractivity contribution in [2.75, 3.05) is 13.2 Å². The molecule has 0 spiro atoms. The highest BCUT2D eigenvalue weighted by atomic mass is 16.8. The Morgan fingerprint density at radius 3 is 1.09 bits per heavy atom. The molecule has 3 nitrogen and oxygen atoms in total. The van der Waals surface area contributed by atoms with Crippen LogP contribution in [-0.2, 0) is 15.4 Å². The van der Waals surface area contributed by atoms with E-state index in [4.69, 9.17) is 9.47 Å². The van der Waals surface area contributed by atoms with Gasteiger partial charge < -0.3 is 14.6 Å². The largest absolute Gasteiger partial charge is 0.339 e. The average Bonchev–Trinajstić information content (AvgIpc) is 3.08. The summed E-state index contributed by atoms with van der Waals surface area (Å²) < 4.78 is 12.0. The van der Waals surface area contributed by atoms with Gasteiger partial charge in [-0.25, -0.2) is 0 Å². The van der Waals surface area contributed by atoms with Gasteiger partial charge in [-0.05, 0) is 64.2 Å². The standard InChI is InChI=1S/C43H76O3/c1-3-5-7-9-11-13-15-17-19-21-23-25-27-29-31-36-40-45-43(44,42-38-34-33-35-39-42)46-41-37-32-30-28-26-24-22-20-18-16-14-12-10-8-6-4-2/h17-20,33-35,38-39,44H,3-16,21-32,36-37,40-41H2,1-2H3/b19-17-,20-18-. The number of hydrogen-bond acceptors (Lipinski definition) is 3. The number of aliphatic hydroxyl groups is 1.